The molecule has 1 heterocycles. The van der Waals surface area contributed by atoms with Crippen molar-refractivity contribution in [1.29, 1.82) is 0 Å². The molecule has 1 atom stereocenters. The topological polar surface area (TPSA) is 50.8 Å². The van der Waals surface area contributed by atoms with Gasteiger partial charge < -0.3 is 5.73 Å². The summed E-state index contributed by atoms with van der Waals surface area (Å²) in [5.41, 5.74) is 6.59. The van der Waals surface area contributed by atoms with Gasteiger partial charge in [0.1, 0.15) is 0 Å². The molecule has 16 heavy (non-hydrogen) atoms. The molecule has 1 aliphatic rings. The van der Waals surface area contributed by atoms with Crippen LogP contribution in [0.3, 0.4) is 0 Å². The van der Waals surface area contributed by atoms with Gasteiger partial charge in [-0.15, -0.1) is 0 Å². The van der Waals surface area contributed by atoms with Crippen molar-refractivity contribution in [1.82, 2.24) is 5.06 Å². The first-order chi connectivity index (χ1) is 7.56. The zero-order valence-electron chi connectivity index (χ0n) is 9.47. The number of nitrogens with two attached hydrogens (primary N) is 1. The van der Waals surface area contributed by atoms with E-state index in [2.05, 4.69) is 11.6 Å². The quantitative estimate of drug-likeness (QED) is 0.766. The highest BCUT2D eigenvalue weighted by Crippen LogP contribution is 2.38. The largest absolute Gasteiger partial charge is 0.368 e. The minimum Gasteiger partial charge on any atom is -0.368 e. The van der Waals surface area contributed by atoms with E-state index in [1.54, 1.807) is 7.05 Å². The molecule has 2 rings (SSSR count). The van der Waals surface area contributed by atoms with E-state index in [1.807, 2.05) is 37.3 Å². The second-order valence-corrected chi connectivity index (χ2v) is 3.85. The molecular weight excluding hydrogens is 202 g/mol. The lowest BCUT2D eigenvalue weighted by Gasteiger charge is -2.26. The Balaban J connectivity index is 2.52. The van der Waals surface area contributed by atoms with Crippen LogP contribution in [0.1, 0.15) is 12.5 Å². The van der Waals surface area contributed by atoms with Crippen molar-refractivity contribution in [3.8, 4) is 0 Å². The van der Waals surface area contributed by atoms with Crippen molar-refractivity contribution in [2.24, 2.45) is 10.7 Å². The van der Waals surface area contributed by atoms with Crippen molar-refractivity contribution >= 4 is 5.96 Å². The molecule has 4 heteroatoms. The molecular formula is C12H15N3O. The summed E-state index contributed by atoms with van der Waals surface area (Å²) in [4.78, 5) is 10.1. The van der Waals surface area contributed by atoms with Crippen LogP contribution in [-0.2, 0) is 10.6 Å². The zero-order chi connectivity index (χ0) is 11.8. The van der Waals surface area contributed by atoms with Crippen molar-refractivity contribution in [2.45, 2.75) is 12.6 Å². The number of aliphatic imine (C=N–C) groups is 1. The standard InChI is InChI=1S/C12H15N3O/c1-9(2)12(10-7-5-4-6-8-10)14-11(13)15(3)16-12/h4-8H,1H2,2-3H3,(H2,13,14). The first kappa shape index (κ1) is 10.7. The number of nitrogens with zero attached hydrogens (tertiary/aromatic N) is 2. The Morgan fingerprint density at radius 3 is 2.50 bits per heavy atom. The van der Waals surface area contributed by atoms with E-state index >= 15 is 0 Å². The molecule has 84 valence electrons. The lowest BCUT2D eigenvalue weighted by atomic mass is 9.97. The van der Waals surface area contributed by atoms with Crippen LogP contribution >= 0.6 is 0 Å². The molecule has 1 aromatic carbocycles. The molecule has 0 saturated heterocycles. The Morgan fingerprint density at radius 2 is 2.06 bits per heavy atom. The number of benzene rings is 1. The molecule has 0 bridgehead atoms. The normalized spacial score (nSPS) is 24.4. The minimum atomic E-state index is -0.875. The van der Waals surface area contributed by atoms with Gasteiger partial charge in [-0.25, -0.2) is 14.9 Å². The van der Waals surface area contributed by atoms with E-state index < -0.39 is 5.72 Å². The van der Waals surface area contributed by atoms with Gasteiger partial charge in [-0.2, -0.15) is 0 Å². The molecule has 0 radical (unpaired) electrons. The van der Waals surface area contributed by atoms with Gasteiger partial charge in [0.25, 0.3) is 0 Å². The molecule has 0 aliphatic carbocycles. The monoisotopic (exact) mass is 217 g/mol. The van der Waals surface area contributed by atoms with Crippen LogP contribution < -0.4 is 5.73 Å². The molecule has 1 unspecified atom stereocenters. The van der Waals surface area contributed by atoms with E-state index in [0.29, 0.717) is 5.96 Å². The van der Waals surface area contributed by atoms with Gasteiger partial charge in [0, 0.05) is 12.6 Å². The van der Waals surface area contributed by atoms with E-state index in [1.165, 1.54) is 5.06 Å². The molecule has 1 aromatic rings. The Morgan fingerprint density at radius 1 is 1.44 bits per heavy atom. The van der Waals surface area contributed by atoms with Gasteiger partial charge in [-0.05, 0) is 12.5 Å². The minimum absolute atomic E-state index is 0.354. The van der Waals surface area contributed by atoms with Crippen LogP contribution in [0.25, 0.3) is 0 Å². The second kappa shape index (κ2) is 3.64. The van der Waals surface area contributed by atoms with Crippen molar-refractivity contribution < 1.29 is 4.84 Å². The Bertz CT molecular complexity index is 441. The fraction of sp³-hybridized carbons (Fsp3) is 0.250. The third-order valence-electron chi connectivity index (χ3n) is 2.61. The summed E-state index contributed by atoms with van der Waals surface area (Å²) in [6, 6.07) is 9.72. The maximum Gasteiger partial charge on any atom is 0.235 e. The Labute approximate surface area is 95.0 Å². The number of guanidine groups is 1. The van der Waals surface area contributed by atoms with Gasteiger partial charge in [0.05, 0.1) is 0 Å². The van der Waals surface area contributed by atoms with E-state index in [-0.39, 0.29) is 0 Å². The van der Waals surface area contributed by atoms with Crippen molar-refractivity contribution in [3.05, 3.63) is 48.0 Å². The molecule has 4 nitrogen and oxygen atoms in total. The smallest absolute Gasteiger partial charge is 0.235 e. The predicted octanol–water partition coefficient (Wildman–Crippen LogP) is 1.61. The maximum absolute atomic E-state index is 5.74. The van der Waals surface area contributed by atoms with Crippen LogP contribution in [0.2, 0.25) is 0 Å². The SMILES string of the molecule is C=C(C)C1(c2ccccc2)N=C(N)N(C)O1. The van der Waals surface area contributed by atoms with Gasteiger partial charge in [-0.1, -0.05) is 36.9 Å². The predicted molar refractivity (Wildman–Crippen MR) is 63.4 cm³/mol. The first-order valence-corrected chi connectivity index (χ1v) is 5.06. The van der Waals surface area contributed by atoms with Crippen LogP contribution in [0, 0.1) is 0 Å². The number of hydrogen-bond acceptors (Lipinski definition) is 4. The second-order valence-electron chi connectivity index (χ2n) is 3.85. The fourth-order valence-corrected chi connectivity index (χ4v) is 1.70. The summed E-state index contributed by atoms with van der Waals surface area (Å²) in [6.07, 6.45) is 0. The Hall–Kier alpha value is -1.81. The highest BCUT2D eigenvalue weighted by atomic mass is 16.7. The van der Waals surface area contributed by atoms with Crippen molar-refractivity contribution in [2.75, 3.05) is 7.05 Å². The van der Waals surface area contributed by atoms with Crippen molar-refractivity contribution in [3.63, 3.8) is 0 Å². The van der Waals surface area contributed by atoms with Crippen LogP contribution in [0.4, 0.5) is 0 Å². The third kappa shape index (κ3) is 1.47. The molecule has 1 aliphatic heterocycles. The van der Waals surface area contributed by atoms with Gasteiger partial charge in [0.15, 0.2) is 0 Å². The lowest BCUT2D eigenvalue weighted by molar-refractivity contribution is -0.153. The molecule has 2 N–H and O–H groups in total. The van der Waals surface area contributed by atoms with Crippen LogP contribution in [-0.4, -0.2) is 18.1 Å². The van der Waals surface area contributed by atoms with Gasteiger partial charge in [0.2, 0.25) is 11.7 Å². The number of rotatable bonds is 2. The molecule has 0 amide bonds. The van der Waals surface area contributed by atoms with Crippen LogP contribution in [0.5, 0.6) is 0 Å². The highest BCUT2D eigenvalue weighted by molar-refractivity contribution is 5.79. The molecule has 0 spiro atoms. The van der Waals surface area contributed by atoms with E-state index in [4.69, 9.17) is 10.6 Å². The van der Waals surface area contributed by atoms with Gasteiger partial charge >= 0.3 is 0 Å². The fourth-order valence-electron chi connectivity index (χ4n) is 1.70. The first-order valence-electron chi connectivity index (χ1n) is 5.06. The third-order valence-corrected chi connectivity index (χ3v) is 2.61. The maximum atomic E-state index is 5.74. The average molecular weight is 217 g/mol. The Kier molecular flexibility index (Phi) is 2.44. The van der Waals surface area contributed by atoms with E-state index in [9.17, 15) is 0 Å². The highest BCUT2D eigenvalue weighted by Gasteiger charge is 2.41. The lowest BCUT2D eigenvalue weighted by Crippen LogP contribution is -2.32. The summed E-state index contributed by atoms with van der Waals surface area (Å²) in [5, 5.41) is 1.46. The summed E-state index contributed by atoms with van der Waals surface area (Å²) in [5.74, 6) is 0.354. The number of hydrogen-bond donors (Lipinski definition) is 1. The summed E-state index contributed by atoms with van der Waals surface area (Å²) in [7, 11) is 1.73. The summed E-state index contributed by atoms with van der Waals surface area (Å²) >= 11 is 0. The van der Waals surface area contributed by atoms with Gasteiger partial charge in [-0.3, -0.25) is 0 Å². The average Bonchev–Trinajstić information content (AvgIpc) is 2.58. The molecule has 0 saturated carbocycles. The van der Waals surface area contributed by atoms with E-state index in [0.717, 1.165) is 11.1 Å². The number of hydroxylamine groups is 2. The zero-order valence-corrected chi connectivity index (χ0v) is 9.47. The molecule has 0 fully saturated rings. The van der Waals surface area contributed by atoms with Crippen LogP contribution in [0.15, 0.2) is 47.5 Å². The summed E-state index contributed by atoms with van der Waals surface area (Å²) < 4.78 is 0. The summed E-state index contributed by atoms with van der Waals surface area (Å²) in [6.45, 7) is 5.82. The molecule has 0 aromatic heterocycles.